The zero-order valence-electron chi connectivity index (χ0n) is 12.8. The van der Waals surface area contributed by atoms with Crippen molar-refractivity contribution >= 4 is 5.69 Å². The molecule has 1 N–H and O–H groups in total. The Bertz CT molecular complexity index is 570. The first-order chi connectivity index (χ1) is 10.3. The molecule has 1 aliphatic heterocycles. The Morgan fingerprint density at radius 3 is 2.71 bits per heavy atom. The molecule has 2 heterocycles. The number of anilines is 1. The normalized spacial score (nSPS) is 16.0. The number of furan rings is 1. The summed E-state index contributed by atoms with van der Waals surface area (Å²) in [6.07, 6.45) is 4.08. The molecule has 2 aromatic rings. The van der Waals surface area contributed by atoms with E-state index in [0.29, 0.717) is 0 Å². The highest BCUT2D eigenvalue weighted by molar-refractivity contribution is 5.45. The molecule has 0 radical (unpaired) electrons. The molecule has 1 fully saturated rings. The van der Waals surface area contributed by atoms with Gasteiger partial charge in [0.05, 0.1) is 6.54 Å². The van der Waals surface area contributed by atoms with Gasteiger partial charge in [-0.05, 0) is 62.7 Å². The van der Waals surface area contributed by atoms with Gasteiger partial charge in [-0.3, -0.25) is 4.90 Å². The van der Waals surface area contributed by atoms with Gasteiger partial charge in [0.1, 0.15) is 11.5 Å². The quantitative estimate of drug-likeness (QED) is 0.892. The molecule has 1 saturated heterocycles. The van der Waals surface area contributed by atoms with Crippen molar-refractivity contribution < 1.29 is 4.42 Å². The minimum atomic E-state index is 0.737. The highest BCUT2D eigenvalue weighted by atomic mass is 16.3. The van der Waals surface area contributed by atoms with E-state index in [-0.39, 0.29) is 0 Å². The maximum atomic E-state index is 5.59. The number of benzene rings is 1. The van der Waals surface area contributed by atoms with Gasteiger partial charge in [-0.25, -0.2) is 0 Å². The lowest BCUT2D eigenvalue weighted by molar-refractivity contribution is 0.221. The van der Waals surface area contributed by atoms with E-state index >= 15 is 0 Å². The molecule has 0 aliphatic carbocycles. The van der Waals surface area contributed by atoms with Crippen molar-refractivity contribution in [3.05, 3.63) is 53.5 Å². The summed E-state index contributed by atoms with van der Waals surface area (Å²) in [6.45, 7) is 6.26. The van der Waals surface area contributed by atoms with Crippen molar-refractivity contribution in [1.29, 1.82) is 0 Å². The minimum absolute atomic E-state index is 0.737. The molecular weight excluding hydrogens is 260 g/mol. The lowest BCUT2D eigenvalue weighted by atomic mass is 10.1. The highest BCUT2D eigenvalue weighted by Gasteiger charge is 2.10. The van der Waals surface area contributed by atoms with Crippen LogP contribution in [0.2, 0.25) is 0 Å². The second-order valence-electron chi connectivity index (χ2n) is 5.90. The Labute approximate surface area is 127 Å². The van der Waals surface area contributed by atoms with Gasteiger partial charge >= 0.3 is 0 Å². The van der Waals surface area contributed by atoms with Crippen molar-refractivity contribution in [3.8, 4) is 0 Å². The number of hydrogen-bond acceptors (Lipinski definition) is 3. The van der Waals surface area contributed by atoms with Crippen LogP contribution in [0.4, 0.5) is 5.69 Å². The molecule has 0 amide bonds. The average Bonchev–Trinajstić information content (AvgIpc) is 2.92. The number of nitrogens with one attached hydrogen (secondary N) is 1. The zero-order valence-corrected chi connectivity index (χ0v) is 12.8. The summed E-state index contributed by atoms with van der Waals surface area (Å²) >= 11 is 0. The molecule has 0 saturated carbocycles. The molecule has 112 valence electrons. The van der Waals surface area contributed by atoms with Crippen LogP contribution in [0, 0.1) is 6.92 Å². The Morgan fingerprint density at radius 1 is 1.10 bits per heavy atom. The number of aryl methyl sites for hydroxylation is 1. The predicted molar refractivity (Wildman–Crippen MR) is 86.3 cm³/mol. The molecule has 3 nitrogen and oxygen atoms in total. The first-order valence-electron chi connectivity index (χ1n) is 7.90. The SMILES string of the molecule is Cc1ccc(CNc2cccc(CN3CCCCC3)c2)o1. The summed E-state index contributed by atoms with van der Waals surface area (Å²) in [5.74, 6) is 1.94. The lowest BCUT2D eigenvalue weighted by Gasteiger charge is -2.26. The van der Waals surface area contributed by atoms with Crippen molar-refractivity contribution in [2.75, 3.05) is 18.4 Å². The zero-order chi connectivity index (χ0) is 14.5. The smallest absolute Gasteiger partial charge is 0.123 e. The van der Waals surface area contributed by atoms with Crippen LogP contribution < -0.4 is 5.32 Å². The van der Waals surface area contributed by atoms with E-state index in [1.54, 1.807) is 0 Å². The van der Waals surface area contributed by atoms with Crippen LogP contribution in [0.25, 0.3) is 0 Å². The summed E-state index contributed by atoms with van der Waals surface area (Å²) in [6, 6.07) is 12.8. The summed E-state index contributed by atoms with van der Waals surface area (Å²) in [4.78, 5) is 2.55. The Kier molecular flexibility index (Phi) is 4.61. The Hall–Kier alpha value is -1.74. The molecule has 1 aliphatic rings. The third kappa shape index (κ3) is 4.11. The molecule has 3 rings (SSSR count). The topological polar surface area (TPSA) is 28.4 Å². The van der Waals surface area contributed by atoms with Crippen molar-refractivity contribution in [3.63, 3.8) is 0 Å². The van der Waals surface area contributed by atoms with Crippen molar-refractivity contribution in [2.45, 2.75) is 39.3 Å². The molecule has 3 heteroatoms. The average molecular weight is 284 g/mol. The van der Waals surface area contributed by atoms with Gasteiger partial charge < -0.3 is 9.73 Å². The summed E-state index contributed by atoms with van der Waals surface area (Å²) in [5.41, 5.74) is 2.55. The number of hydrogen-bond donors (Lipinski definition) is 1. The number of nitrogens with zero attached hydrogens (tertiary/aromatic N) is 1. The molecule has 0 bridgehead atoms. The van der Waals surface area contributed by atoms with Crippen LogP contribution in [-0.2, 0) is 13.1 Å². The van der Waals surface area contributed by atoms with Gasteiger partial charge in [0.2, 0.25) is 0 Å². The first-order valence-corrected chi connectivity index (χ1v) is 7.90. The monoisotopic (exact) mass is 284 g/mol. The number of likely N-dealkylation sites (tertiary alicyclic amines) is 1. The van der Waals surface area contributed by atoms with Crippen LogP contribution >= 0.6 is 0 Å². The van der Waals surface area contributed by atoms with Crippen molar-refractivity contribution in [2.24, 2.45) is 0 Å². The van der Waals surface area contributed by atoms with Gasteiger partial charge in [-0.2, -0.15) is 0 Å². The van der Waals surface area contributed by atoms with E-state index in [1.807, 2.05) is 19.1 Å². The summed E-state index contributed by atoms with van der Waals surface area (Å²) in [7, 11) is 0. The summed E-state index contributed by atoms with van der Waals surface area (Å²) in [5, 5.41) is 3.44. The largest absolute Gasteiger partial charge is 0.465 e. The fourth-order valence-corrected chi connectivity index (χ4v) is 2.92. The van der Waals surface area contributed by atoms with E-state index in [0.717, 1.165) is 24.6 Å². The van der Waals surface area contributed by atoms with E-state index in [1.165, 1.54) is 43.6 Å². The number of piperidine rings is 1. The lowest BCUT2D eigenvalue weighted by Crippen LogP contribution is -2.29. The molecule has 0 atom stereocenters. The van der Waals surface area contributed by atoms with Gasteiger partial charge in [0.25, 0.3) is 0 Å². The highest BCUT2D eigenvalue weighted by Crippen LogP contribution is 2.17. The molecule has 21 heavy (non-hydrogen) atoms. The maximum absolute atomic E-state index is 5.59. The van der Waals surface area contributed by atoms with Gasteiger partial charge in [-0.15, -0.1) is 0 Å². The second kappa shape index (κ2) is 6.81. The standard InChI is InChI=1S/C18H24N2O/c1-15-8-9-18(21-15)13-19-17-7-5-6-16(12-17)14-20-10-3-2-4-11-20/h5-9,12,19H,2-4,10-11,13-14H2,1H3. The van der Waals surface area contributed by atoms with Gasteiger partial charge in [0.15, 0.2) is 0 Å². The van der Waals surface area contributed by atoms with Crippen molar-refractivity contribution in [1.82, 2.24) is 4.90 Å². The molecule has 1 aromatic carbocycles. The Morgan fingerprint density at radius 2 is 1.95 bits per heavy atom. The van der Waals surface area contributed by atoms with Crippen LogP contribution in [0.3, 0.4) is 0 Å². The van der Waals surface area contributed by atoms with Crippen LogP contribution in [0.15, 0.2) is 40.8 Å². The molecular formula is C18H24N2O. The third-order valence-corrected chi connectivity index (χ3v) is 4.04. The Balaban J connectivity index is 1.57. The van der Waals surface area contributed by atoms with Crippen LogP contribution in [-0.4, -0.2) is 18.0 Å². The van der Waals surface area contributed by atoms with Crippen LogP contribution in [0.5, 0.6) is 0 Å². The number of rotatable bonds is 5. The minimum Gasteiger partial charge on any atom is -0.465 e. The predicted octanol–water partition coefficient (Wildman–Crippen LogP) is 4.19. The van der Waals surface area contributed by atoms with E-state index in [2.05, 4.69) is 34.5 Å². The molecule has 1 aromatic heterocycles. The molecule has 0 unspecified atom stereocenters. The maximum Gasteiger partial charge on any atom is 0.123 e. The van der Waals surface area contributed by atoms with Gasteiger partial charge in [0, 0.05) is 12.2 Å². The van der Waals surface area contributed by atoms with Crippen LogP contribution in [0.1, 0.15) is 36.3 Å². The third-order valence-electron chi connectivity index (χ3n) is 4.04. The fraction of sp³-hybridized carbons (Fsp3) is 0.444. The van der Waals surface area contributed by atoms with E-state index < -0.39 is 0 Å². The fourth-order valence-electron chi connectivity index (χ4n) is 2.92. The molecule has 0 spiro atoms. The summed E-state index contributed by atoms with van der Waals surface area (Å²) < 4.78 is 5.59. The van der Waals surface area contributed by atoms with Gasteiger partial charge in [-0.1, -0.05) is 18.6 Å². The van der Waals surface area contributed by atoms with E-state index in [4.69, 9.17) is 4.42 Å². The van der Waals surface area contributed by atoms with E-state index in [9.17, 15) is 0 Å². The first kappa shape index (κ1) is 14.2. The second-order valence-corrected chi connectivity index (χ2v) is 5.90.